The maximum Gasteiger partial charge on any atom is 0.0440 e. The summed E-state index contributed by atoms with van der Waals surface area (Å²) in [6, 6.07) is 151. The highest BCUT2D eigenvalue weighted by Crippen LogP contribution is 2.53. The zero-order valence-electron chi connectivity index (χ0n) is 61.9. The van der Waals surface area contributed by atoms with Crippen LogP contribution in [0.4, 0.5) is 0 Å². The summed E-state index contributed by atoms with van der Waals surface area (Å²) in [5.41, 5.74) is 21.8. The van der Waals surface area contributed by atoms with Gasteiger partial charge in [-0.05, 0) is 234 Å². The third kappa shape index (κ3) is 10.0. The Morgan fingerprint density at radius 2 is 0.465 bits per heavy atom. The molecule has 0 aliphatic carbocycles. The fraction of sp³-hybridized carbons (Fsp3) is 0. The normalized spacial score (nSPS) is 12.0. The van der Waals surface area contributed by atoms with Crippen LogP contribution in [-0.2, 0) is 0 Å². The Labute approximate surface area is 666 Å². The quantitative estimate of drug-likeness (QED) is 0.0998. The number of thiophene rings is 2. The van der Waals surface area contributed by atoms with E-state index >= 15 is 0 Å². The van der Waals surface area contributed by atoms with Gasteiger partial charge in [-0.25, -0.2) is 0 Å². The molecule has 2 heteroatoms. The van der Waals surface area contributed by atoms with Crippen molar-refractivity contribution in [3.63, 3.8) is 0 Å². The molecular formula is C112H66S2. The predicted octanol–water partition coefficient (Wildman–Crippen LogP) is 33.0. The number of rotatable bonds is 9. The standard InChI is InChI=1S/C112H66S2/c1-2-24-72-61-75(58-51-67(72)23-1)68-49-54-70(55-50-68)104-90-35-9-15-41-96(90)107(97-42-16-10-36-91(97)104)78-28-20-26-74(63-78)79-65-100(110-102(66-79)109-89-34-8-4-30-84(89)86-32-6-18-44-99(86)112(109)114-110)87-48-22-46-81-80(45-21-47-82(81)87)69-52-56-71(57-53-69)105-92-37-11-13-39-94(92)106(95-40-14-12-38-93(95)105)77-27-19-25-73(62-77)76-59-60-103-101(64-76)108-88-33-7-3-29-83(88)85-31-5-17-43-98(85)111(108)113-103/h1-66H. The summed E-state index contributed by atoms with van der Waals surface area (Å²) in [7, 11) is 0. The topological polar surface area (TPSA) is 0 Å². The van der Waals surface area contributed by atoms with Gasteiger partial charge in [-0.15, -0.1) is 22.7 Å². The van der Waals surface area contributed by atoms with E-state index in [1.54, 1.807) is 0 Å². The van der Waals surface area contributed by atoms with E-state index in [0.29, 0.717) is 0 Å². The van der Waals surface area contributed by atoms with Crippen LogP contribution in [0.1, 0.15) is 0 Å². The second kappa shape index (κ2) is 25.7. The van der Waals surface area contributed by atoms with Gasteiger partial charge in [-0.3, -0.25) is 0 Å². The highest BCUT2D eigenvalue weighted by atomic mass is 32.1. The maximum atomic E-state index is 2.51. The van der Waals surface area contributed by atoms with Gasteiger partial charge < -0.3 is 0 Å². The van der Waals surface area contributed by atoms with Gasteiger partial charge in [0, 0.05) is 56.7 Å². The molecule has 24 aromatic rings. The fourth-order valence-corrected chi connectivity index (χ4v) is 22.1. The summed E-state index contributed by atoms with van der Waals surface area (Å²) in [6.07, 6.45) is 0. The van der Waals surface area contributed by atoms with Gasteiger partial charge in [0.05, 0.1) is 0 Å². The molecule has 0 radical (unpaired) electrons. The van der Waals surface area contributed by atoms with E-state index in [9.17, 15) is 0 Å². The highest BCUT2D eigenvalue weighted by Gasteiger charge is 2.25. The first kappa shape index (κ1) is 64.7. The molecule has 0 aliphatic rings. The lowest BCUT2D eigenvalue weighted by atomic mass is 9.84. The van der Waals surface area contributed by atoms with Gasteiger partial charge >= 0.3 is 0 Å². The van der Waals surface area contributed by atoms with Crippen molar-refractivity contribution in [2.24, 2.45) is 0 Å². The second-order valence-corrected chi connectivity index (χ2v) is 32.7. The monoisotopic (exact) mass is 1470 g/mol. The van der Waals surface area contributed by atoms with E-state index in [0.717, 1.165) is 0 Å². The molecule has 114 heavy (non-hydrogen) atoms. The molecule has 2 heterocycles. The first-order valence-corrected chi connectivity index (χ1v) is 41.0. The minimum absolute atomic E-state index is 1.17. The Kier molecular flexibility index (Phi) is 14.6. The largest absolute Gasteiger partial charge is 0.135 e. The average Bonchev–Trinajstić information content (AvgIpc) is 1.52. The summed E-state index contributed by atoms with van der Waals surface area (Å²) in [4.78, 5) is 0. The van der Waals surface area contributed by atoms with Crippen LogP contribution >= 0.6 is 22.7 Å². The zero-order chi connectivity index (χ0) is 74.6. The average molecular weight is 1480 g/mol. The number of hydrogen-bond donors (Lipinski definition) is 0. The molecule has 526 valence electrons. The summed E-state index contributed by atoms with van der Waals surface area (Å²) < 4.78 is 5.27. The smallest absolute Gasteiger partial charge is 0.0440 e. The van der Waals surface area contributed by atoms with E-state index in [4.69, 9.17) is 0 Å². The van der Waals surface area contributed by atoms with Crippen molar-refractivity contribution in [3.8, 4) is 100 Å². The van der Waals surface area contributed by atoms with Crippen molar-refractivity contribution in [3.05, 3.63) is 400 Å². The van der Waals surface area contributed by atoms with Crippen molar-refractivity contribution in [1.82, 2.24) is 0 Å². The summed E-state index contributed by atoms with van der Waals surface area (Å²) in [5.74, 6) is 0. The Hall–Kier alpha value is -14.1. The molecule has 0 saturated heterocycles. The van der Waals surface area contributed by atoms with Crippen LogP contribution in [0, 0.1) is 0 Å². The van der Waals surface area contributed by atoms with Gasteiger partial charge in [0.15, 0.2) is 0 Å². The number of benzene rings is 22. The second-order valence-electron chi connectivity index (χ2n) is 30.7. The van der Waals surface area contributed by atoms with Gasteiger partial charge in [-0.1, -0.05) is 358 Å². The minimum Gasteiger partial charge on any atom is -0.135 e. The minimum atomic E-state index is 1.17. The van der Waals surface area contributed by atoms with E-state index in [1.165, 1.54) is 248 Å². The molecule has 0 saturated carbocycles. The molecule has 0 bridgehead atoms. The third-order valence-electron chi connectivity index (χ3n) is 24.6. The van der Waals surface area contributed by atoms with Crippen molar-refractivity contribution in [2.75, 3.05) is 0 Å². The summed E-state index contributed by atoms with van der Waals surface area (Å²) in [6.45, 7) is 0. The van der Waals surface area contributed by atoms with Gasteiger partial charge in [0.25, 0.3) is 0 Å². The molecule has 2 aromatic heterocycles. The van der Waals surface area contributed by atoms with Crippen LogP contribution < -0.4 is 0 Å². The molecule has 0 spiro atoms. The zero-order valence-corrected chi connectivity index (χ0v) is 63.6. The third-order valence-corrected chi connectivity index (χ3v) is 27.1. The summed E-state index contributed by atoms with van der Waals surface area (Å²) >= 11 is 3.86. The Balaban J connectivity index is 0.624. The predicted molar refractivity (Wildman–Crippen MR) is 496 cm³/mol. The van der Waals surface area contributed by atoms with Crippen molar-refractivity contribution in [1.29, 1.82) is 0 Å². The first-order valence-electron chi connectivity index (χ1n) is 39.4. The molecule has 0 fully saturated rings. The lowest BCUT2D eigenvalue weighted by Gasteiger charge is -2.19. The molecule has 0 N–H and O–H groups in total. The first-order chi connectivity index (χ1) is 56.5. The lowest BCUT2D eigenvalue weighted by Crippen LogP contribution is -1.92. The molecule has 0 nitrogen and oxygen atoms in total. The van der Waals surface area contributed by atoms with Crippen LogP contribution in [0.3, 0.4) is 0 Å². The van der Waals surface area contributed by atoms with Crippen LogP contribution in [-0.4, -0.2) is 0 Å². The van der Waals surface area contributed by atoms with Crippen molar-refractivity contribution >= 4 is 171 Å². The molecule has 22 aromatic carbocycles. The molecule has 0 unspecified atom stereocenters. The van der Waals surface area contributed by atoms with E-state index < -0.39 is 0 Å². The van der Waals surface area contributed by atoms with E-state index in [1.807, 2.05) is 22.7 Å². The van der Waals surface area contributed by atoms with Crippen molar-refractivity contribution in [2.45, 2.75) is 0 Å². The van der Waals surface area contributed by atoms with Gasteiger partial charge in [0.1, 0.15) is 0 Å². The number of fused-ring (bicyclic) bond motifs is 22. The van der Waals surface area contributed by atoms with E-state index in [2.05, 4.69) is 400 Å². The Morgan fingerprint density at radius 1 is 0.132 bits per heavy atom. The molecule has 0 amide bonds. The SMILES string of the molecule is c1cc(-c2ccc3sc4c5ccccc5c5ccccc5c4c3c2)cc(-c2c3ccccc3c(-c3ccc(-c4cccc5c(-c6cc(-c7cccc(-c8c9ccccc9c(-c9ccc(-c%10ccc%11ccccc%11c%10)cc9)c9ccccc89)c7)cc7c6sc6c8ccccc8c8ccccc8c76)cccc45)cc3)c3ccccc23)c1. The maximum absolute atomic E-state index is 2.51. The molecule has 0 atom stereocenters. The molecule has 24 rings (SSSR count). The molecular weight excluding hydrogens is 1410 g/mol. The molecule has 0 aliphatic heterocycles. The highest BCUT2D eigenvalue weighted by molar-refractivity contribution is 7.27. The van der Waals surface area contributed by atoms with Crippen LogP contribution in [0.15, 0.2) is 400 Å². The Morgan fingerprint density at radius 3 is 0.991 bits per heavy atom. The Bertz CT molecular complexity index is 8100. The van der Waals surface area contributed by atoms with Crippen molar-refractivity contribution < 1.29 is 0 Å². The van der Waals surface area contributed by atoms with Crippen LogP contribution in [0.5, 0.6) is 0 Å². The van der Waals surface area contributed by atoms with Crippen LogP contribution in [0.25, 0.3) is 248 Å². The van der Waals surface area contributed by atoms with E-state index in [-0.39, 0.29) is 0 Å². The summed E-state index contributed by atoms with van der Waals surface area (Å²) in [5, 5.41) is 30.4. The number of hydrogen-bond acceptors (Lipinski definition) is 2. The van der Waals surface area contributed by atoms with Gasteiger partial charge in [-0.2, -0.15) is 0 Å². The van der Waals surface area contributed by atoms with Crippen LogP contribution in [0.2, 0.25) is 0 Å². The van der Waals surface area contributed by atoms with Gasteiger partial charge in [0.2, 0.25) is 0 Å². The fourth-order valence-electron chi connectivity index (χ4n) is 19.5. The lowest BCUT2D eigenvalue weighted by molar-refractivity contribution is 1.61.